The van der Waals surface area contributed by atoms with Gasteiger partial charge in [-0.25, -0.2) is 9.78 Å². The molecule has 2 aromatic heterocycles. The molecular weight excluding hydrogens is 356 g/mol. The van der Waals surface area contributed by atoms with Gasteiger partial charge in [-0.2, -0.15) is 5.10 Å². The van der Waals surface area contributed by atoms with Gasteiger partial charge in [0, 0.05) is 46.3 Å². The summed E-state index contributed by atoms with van der Waals surface area (Å²) in [6, 6.07) is 11.6. The molecule has 2 heterocycles. The fraction of sp³-hybridized carbons (Fsp3) is 0.350. The number of ether oxygens (including phenoxy) is 1. The van der Waals surface area contributed by atoms with E-state index in [1.54, 1.807) is 36.1 Å². The van der Waals surface area contributed by atoms with Crippen molar-refractivity contribution < 1.29 is 9.53 Å². The zero-order chi connectivity index (χ0) is 19.9. The fourth-order valence-corrected chi connectivity index (χ4v) is 3.05. The van der Waals surface area contributed by atoms with E-state index in [9.17, 15) is 4.79 Å². The summed E-state index contributed by atoms with van der Waals surface area (Å²) in [5.41, 5.74) is 2.07. The molecule has 148 valence electrons. The van der Waals surface area contributed by atoms with E-state index in [4.69, 9.17) is 4.74 Å². The third-order valence-electron chi connectivity index (χ3n) is 4.57. The Bertz CT molecular complexity index is 889. The average molecular weight is 382 g/mol. The van der Waals surface area contributed by atoms with E-state index < -0.39 is 0 Å². The van der Waals surface area contributed by atoms with Gasteiger partial charge >= 0.3 is 6.03 Å². The Kier molecular flexibility index (Phi) is 6.44. The van der Waals surface area contributed by atoms with Crippen LogP contribution in [0.2, 0.25) is 0 Å². The smallest absolute Gasteiger partial charge is 0.318 e. The minimum Gasteiger partial charge on any atom is -0.382 e. The monoisotopic (exact) mass is 382 g/mol. The van der Waals surface area contributed by atoms with E-state index >= 15 is 0 Å². The molecule has 0 aliphatic carbocycles. The minimum atomic E-state index is -0.281. The van der Waals surface area contributed by atoms with Crippen molar-refractivity contribution in [3.8, 4) is 0 Å². The maximum Gasteiger partial charge on any atom is 0.318 e. The molecule has 0 aliphatic heterocycles. The topological polar surface area (TPSA) is 77.2 Å². The molecule has 8 heteroatoms. The molecule has 1 unspecified atom stereocenters. The van der Waals surface area contributed by atoms with Crippen molar-refractivity contribution in [2.24, 2.45) is 7.05 Å². The fourth-order valence-electron chi connectivity index (χ4n) is 3.05. The number of nitrogens with one attached hydrogen (secondary N) is 1. The highest BCUT2D eigenvalue weighted by Gasteiger charge is 2.20. The van der Waals surface area contributed by atoms with Gasteiger partial charge in [-0.05, 0) is 11.6 Å². The molecule has 1 aromatic carbocycles. The average Bonchev–Trinajstić information content (AvgIpc) is 3.31. The highest BCUT2D eigenvalue weighted by atomic mass is 16.5. The van der Waals surface area contributed by atoms with Crippen molar-refractivity contribution in [1.29, 1.82) is 0 Å². The quantitative estimate of drug-likeness (QED) is 0.648. The zero-order valence-electron chi connectivity index (χ0n) is 16.4. The lowest BCUT2D eigenvalue weighted by Gasteiger charge is -2.23. The van der Waals surface area contributed by atoms with E-state index in [2.05, 4.69) is 27.5 Å². The molecule has 1 N–H and O–H groups in total. The van der Waals surface area contributed by atoms with Crippen LogP contribution >= 0.6 is 0 Å². The van der Waals surface area contributed by atoms with Crippen molar-refractivity contribution >= 4 is 6.03 Å². The Morgan fingerprint density at radius 1 is 1.25 bits per heavy atom. The Morgan fingerprint density at radius 3 is 2.71 bits per heavy atom. The number of aryl methyl sites for hydroxylation is 1. The molecule has 0 fully saturated rings. The summed E-state index contributed by atoms with van der Waals surface area (Å²) in [7, 11) is 5.21. The summed E-state index contributed by atoms with van der Waals surface area (Å²) in [6.07, 6.45) is 5.39. The summed E-state index contributed by atoms with van der Waals surface area (Å²) in [4.78, 5) is 18.8. The summed E-state index contributed by atoms with van der Waals surface area (Å²) >= 11 is 0. The number of hydrogen-bond acceptors (Lipinski definition) is 4. The predicted octanol–water partition coefficient (Wildman–Crippen LogP) is 2.19. The predicted molar refractivity (Wildman–Crippen MR) is 106 cm³/mol. The number of benzene rings is 1. The van der Waals surface area contributed by atoms with Gasteiger partial charge in [0.25, 0.3) is 0 Å². The number of carbonyl (C=O) groups is 1. The molecule has 0 saturated heterocycles. The summed E-state index contributed by atoms with van der Waals surface area (Å²) < 4.78 is 9.05. The number of imidazole rings is 1. The van der Waals surface area contributed by atoms with E-state index in [0.29, 0.717) is 19.7 Å². The number of carbonyl (C=O) groups excluding carboxylic acids is 1. The second-order valence-electron chi connectivity index (χ2n) is 6.65. The highest BCUT2D eigenvalue weighted by molar-refractivity contribution is 5.74. The van der Waals surface area contributed by atoms with Gasteiger partial charge in [0.15, 0.2) is 0 Å². The third kappa shape index (κ3) is 4.77. The van der Waals surface area contributed by atoms with Crippen LogP contribution in [0.4, 0.5) is 4.79 Å². The first kappa shape index (κ1) is 19.6. The molecular formula is C20H26N6O2. The van der Waals surface area contributed by atoms with Crippen LogP contribution in [0, 0.1) is 0 Å². The zero-order valence-corrected chi connectivity index (χ0v) is 16.4. The van der Waals surface area contributed by atoms with E-state index in [0.717, 1.165) is 11.5 Å². The SMILES string of the molecule is COCC(NC(=O)N(C)Cc1nccn1Cc1ccccc1)c1ccnn1C. The Balaban J connectivity index is 1.64. The molecule has 28 heavy (non-hydrogen) atoms. The van der Waals surface area contributed by atoms with E-state index in [1.807, 2.05) is 42.1 Å². The lowest BCUT2D eigenvalue weighted by molar-refractivity contribution is 0.154. The van der Waals surface area contributed by atoms with Crippen molar-refractivity contribution in [3.63, 3.8) is 0 Å². The maximum absolute atomic E-state index is 12.7. The normalized spacial score (nSPS) is 12.0. The second kappa shape index (κ2) is 9.18. The highest BCUT2D eigenvalue weighted by Crippen LogP contribution is 2.13. The number of amides is 2. The van der Waals surface area contributed by atoms with Crippen LogP contribution < -0.4 is 5.32 Å². The van der Waals surface area contributed by atoms with Crippen LogP contribution in [0.3, 0.4) is 0 Å². The van der Waals surface area contributed by atoms with Gasteiger partial charge in [-0.15, -0.1) is 0 Å². The number of aromatic nitrogens is 4. The number of rotatable bonds is 8. The molecule has 3 rings (SSSR count). The molecule has 0 bridgehead atoms. The first-order valence-corrected chi connectivity index (χ1v) is 9.11. The summed E-state index contributed by atoms with van der Waals surface area (Å²) in [5.74, 6) is 0.824. The minimum absolute atomic E-state index is 0.197. The Labute approximate surface area is 164 Å². The lowest BCUT2D eigenvalue weighted by atomic mass is 10.2. The van der Waals surface area contributed by atoms with Crippen LogP contribution in [0.1, 0.15) is 23.1 Å². The molecule has 8 nitrogen and oxygen atoms in total. The van der Waals surface area contributed by atoms with Crippen molar-refractivity contribution in [3.05, 3.63) is 72.1 Å². The molecule has 0 radical (unpaired) electrons. The first-order valence-electron chi connectivity index (χ1n) is 9.11. The Morgan fingerprint density at radius 2 is 2.04 bits per heavy atom. The van der Waals surface area contributed by atoms with Crippen molar-refractivity contribution in [2.45, 2.75) is 19.1 Å². The van der Waals surface area contributed by atoms with Gasteiger partial charge in [0.05, 0.1) is 24.9 Å². The standard InChI is InChI=1S/C20H26N6O2/c1-24(20(27)23-17(15-28-3)18-9-10-22-25(18)2)14-19-21-11-12-26(19)13-16-7-5-4-6-8-16/h4-12,17H,13-15H2,1-3H3,(H,23,27). The van der Waals surface area contributed by atoms with Crippen molar-refractivity contribution in [2.75, 3.05) is 20.8 Å². The molecule has 0 saturated carbocycles. The first-order chi connectivity index (χ1) is 13.6. The third-order valence-corrected chi connectivity index (χ3v) is 4.57. The molecule has 2 amide bonds. The van der Waals surface area contributed by atoms with E-state index in [1.165, 1.54) is 5.56 Å². The largest absolute Gasteiger partial charge is 0.382 e. The molecule has 0 spiro atoms. The van der Waals surface area contributed by atoms with Crippen LogP contribution in [0.5, 0.6) is 0 Å². The van der Waals surface area contributed by atoms with Crippen LogP contribution in [-0.4, -0.2) is 51.0 Å². The van der Waals surface area contributed by atoms with Gasteiger partial charge in [0.1, 0.15) is 5.82 Å². The molecule has 0 aliphatic rings. The van der Waals surface area contributed by atoms with Crippen LogP contribution in [0.15, 0.2) is 55.0 Å². The lowest BCUT2D eigenvalue weighted by Crippen LogP contribution is -2.41. The van der Waals surface area contributed by atoms with Crippen LogP contribution in [0.25, 0.3) is 0 Å². The number of hydrogen-bond donors (Lipinski definition) is 1. The van der Waals surface area contributed by atoms with Gasteiger partial charge in [-0.1, -0.05) is 30.3 Å². The van der Waals surface area contributed by atoms with Gasteiger partial charge in [-0.3, -0.25) is 4.68 Å². The Hall–Kier alpha value is -3.13. The van der Waals surface area contributed by atoms with E-state index in [-0.39, 0.29) is 12.1 Å². The molecule has 3 aromatic rings. The maximum atomic E-state index is 12.7. The van der Waals surface area contributed by atoms with Gasteiger partial charge in [0.2, 0.25) is 0 Å². The van der Waals surface area contributed by atoms with Crippen molar-refractivity contribution in [1.82, 2.24) is 29.5 Å². The second-order valence-corrected chi connectivity index (χ2v) is 6.65. The summed E-state index contributed by atoms with van der Waals surface area (Å²) in [6.45, 7) is 1.48. The van der Waals surface area contributed by atoms with Gasteiger partial charge < -0.3 is 19.5 Å². The number of methoxy groups -OCH3 is 1. The van der Waals surface area contributed by atoms with Crippen LogP contribution in [-0.2, 0) is 24.9 Å². The molecule has 1 atom stereocenters. The number of nitrogens with zero attached hydrogens (tertiary/aromatic N) is 5. The number of urea groups is 1. The summed E-state index contributed by atoms with van der Waals surface area (Å²) in [5, 5.41) is 7.17.